The summed E-state index contributed by atoms with van der Waals surface area (Å²) in [6.45, 7) is -0.134. The average molecular weight is 290 g/mol. The van der Waals surface area contributed by atoms with Crippen molar-refractivity contribution in [2.75, 3.05) is 6.61 Å². The molecule has 0 unspecified atom stereocenters. The highest BCUT2D eigenvalue weighted by atomic mass is 35.5. The lowest BCUT2D eigenvalue weighted by Gasteiger charge is -2.04. The molecule has 0 spiro atoms. The van der Waals surface area contributed by atoms with Crippen molar-refractivity contribution in [1.29, 1.82) is 0 Å². The second-order valence-electron chi connectivity index (χ2n) is 3.83. The topological polar surface area (TPSA) is 63.6 Å². The van der Waals surface area contributed by atoms with Crippen LogP contribution >= 0.6 is 11.6 Å². The van der Waals surface area contributed by atoms with E-state index in [0.29, 0.717) is 10.8 Å². The van der Waals surface area contributed by atoms with Crippen LogP contribution in [0, 0.1) is 0 Å². The number of aromatic nitrogens is 1. The number of nitrogens with one attached hydrogen (secondary N) is 1. The minimum Gasteiger partial charge on any atom is -0.484 e. The summed E-state index contributed by atoms with van der Waals surface area (Å²) in [7, 11) is 0. The number of hydrazone groups is 1. The Morgan fingerprint density at radius 2 is 2.30 bits per heavy atom. The lowest BCUT2D eigenvalue weighted by Crippen LogP contribution is -2.24. The number of rotatable bonds is 5. The molecule has 0 atom stereocenters. The van der Waals surface area contributed by atoms with Crippen molar-refractivity contribution in [2.24, 2.45) is 5.10 Å². The molecule has 0 fully saturated rings. The van der Waals surface area contributed by atoms with Gasteiger partial charge in [-0.15, -0.1) is 0 Å². The van der Waals surface area contributed by atoms with Gasteiger partial charge >= 0.3 is 0 Å². The highest BCUT2D eigenvalue weighted by Crippen LogP contribution is 2.16. The highest BCUT2D eigenvalue weighted by molar-refractivity contribution is 6.30. The highest BCUT2D eigenvalue weighted by Gasteiger charge is 2.01. The van der Waals surface area contributed by atoms with Crippen LogP contribution < -0.4 is 10.2 Å². The fraction of sp³-hybridized carbons (Fsp3) is 0.0714. The molecule has 2 rings (SSSR count). The van der Waals surface area contributed by atoms with E-state index in [1.54, 1.807) is 42.7 Å². The standard InChI is InChI=1S/C14H12ClN3O2/c15-12-4-1-5-13(7-12)20-10-14(19)18-17-9-11-3-2-6-16-8-11/h1-9H,10H2,(H,18,19). The third-order valence-corrected chi connectivity index (χ3v) is 2.49. The Morgan fingerprint density at radius 3 is 3.05 bits per heavy atom. The van der Waals surface area contributed by atoms with Crippen LogP contribution in [-0.2, 0) is 4.79 Å². The van der Waals surface area contributed by atoms with Gasteiger partial charge in [-0.1, -0.05) is 23.7 Å². The van der Waals surface area contributed by atoms with Gasteiger partial charge in [-0.3, -0.25) is 9.78 Å². The normalized spacial score (nSPS) is 10.4. The monoisotopic (exact) mass is 289 g/mol. The molecular formula is C14H12ClN3O2. The summed E-state index contributed by atoms with van der Waals surface area (Å²) in [6, 6.07) is 10.4. The Labute approximate surface area is 121 Å². The van der Waals surface area contributed by atoms with Crippen molar-refractivity contribution < 1.29 is 9.53 Å². The van der Waals surface area contributed by atoms with Crippen LogP contribution in [-0.4, -0.2) is 23.7 Å². The third-order valence-electron chi connectivity index (χ3n) is 2.25. The van der Waals surface area contributed by atoms with Crippen LogP contribution in [0.1, 0.15) is 5.56 Å². The van der Waals surface area contributed by atoms with Crippen LogP contribution in [0.25, 0.3) is 0 Å². The van der Waals surface area contributed by atoms with E-state index in [4.69, 9.17) is 16.3 Å². The van der Waals surface area contributed by atoms with E-state index in [0.717, 1.165) is 5.56 Å². The van der Waals surface area contributed by atoms with E-state index in [-0.39, 0.29) is 12.5 Å². The van der Waals surface area contributed by atoms with Crippen molar-refractivity contribution in [3.8, 4) is 5.75 Å². The first-order valence-corrected chi connectivity index (χ1v) is 6.22. The number of ether oxygens (including phenoxy) is 1. The molecule has 102 valence electrons. The van der Waals surface area contributed by atoms with Crippen LogP contribution in [0.3, 0.4) is 0 Å². The van der Waals surface area contributed by atoms with E-state index in [2.05, 4.69) is 15.5 Å². The molecular weight excluding hydrogens is 278 g/mol. The zero-order valence-electron chi connectivity index (χ0n) is 10.5. The summed E-state index contributed by atoms with van der Waals surface area (Å²) in [4.78, 5) is 15.4. The lowest BCUT2D eigenvalue weighted by atomic mass is 10.3. The maximum Gasteiger partial charge on any atom is 0.277 e. The summed E-state index contributed by atoms with van der Waals surface area (Å²) in [5.41, 5.74) is 3.16. The molecule has 1 heterocycles. The number of benzene rings is 1. The van der Waals surface area contributed by atoms with Gasteiger partial charge < -0.3 is 4.74 Å². The predicted molar refractivity (Wildman–Crippen MR) is 76.9 cm³/mol. The van der Waals surface area contributed by atoms with E-state index in [1.165, 1.54) is 6.21 Å². The second-order valence-corrected chi connectivity index (χ2v) is 4.26. The molecule has 0 bridgehead atoms. The molecule has 2 aromatic rings. The maximum absolute atomic E-state index is 11.5. The van der Waals surface area contributed by atoms with Crippen LogP contribution in [0.4, 0.5) is 0 Å². The van der Waals surface area contributed by atoms with Gasteiger partial charge in [0.2, 0.25) is 0 Å². The van der Waals surface area contributed by atoms with Crippen LogP contribution in [0.2, 0.25) is 5.02 Å². The first kappa shape index (κ1) is 14.0. The second kappa shape index (κ2) is 7.25. The number of halogens is 1. The first-order chi connectivity index (χ1) is 9.74. The molecule has 0 aliphatic heterocycles. The molecule has 1 aromatic heterocycles. The number of amides is 1. The molecule has 1 N–H and O–H groups in total. The average Bonchev–Trinajstić information content (AvgIpc) is 2.46. The van der Waals surface area contributed by atoms with Gasteiger partial charge in [0.1, 0.15) is 5.75 Å². The summed E-state index contributed by atoms with van der Waals surface area (Å²) in [5.74, 6) is 0.175. The molecule has 5 nitrogen and oxygen atoms in total. The van der Waals surface area contributed by atoms with Crippen LogP contribution in [0.5, 0.6) is 5.75 Å². The maximum atomic E-state index is 11.5. The minimum absolute atomic E-state index is 0.134. The number of carbonyl (C=O) groups excluding carboxylic acids is 1. The van der Waals surface area contributed by atoms with Gasteiger partial charge in [0.25, 0.3) is 5.91 Å². The predicted octanol–water partition coefficient (Wildman–Crippen LogP) is 2.26. The Hall–Kier alpha value is -2.40. The van der Waals surface area contributed by atoms with Gasteiger partial charge in [0, 0.05) is 23.0 Å². The summed E-state index contributed by atoms with van der Waals surface area (Å²) in [6.07, 6.45) is 4.80. The van der Waals surface area contributed by atoms with E-state index >= 15 is 0 Å². The molecule has 0 saturated carbocycles. The number of hydrogen-bond acceptors (Lipinski definition) is 4. The Balaban J connectivity index is 1.77. The lowest BCUT2D eigenvalue weighted by molar-refractivity contribution is -0.123. The third kappa shape index (κ3) is 4.70. The van der Waals surface area contributed by atoms with E-state index in [9.17, 15) is 4.79 Å². The van der Waals surface area contributed by atoms with Gasteiger partial charge in [-0.25, -0.2) is 5.43 Å². The van der Waals surface area contributed by atoms with Crippen molar-refractivity contribution in [3.63, 3.8) is 0 Å². The zero-order chi connectivity index (χ0) is 14.2. The molecule has 0 aliphatic carbocycles. The van der Waals surface area contributed by atoms with Crippen molar-refractivity contribution in [1.82, 2.24) is 10.4 Å². The fourth-order valence-electron chi connectivity index (χ4n) is 1.37. The van der Waals surface area contributed by atoms with E-state index in [1.807, 2.05) is 6.07 Å². The van der Waals surface area contributed by atoms with Crippen molar-refractivity contribution >= 4 is 23.7 Å². The first-order valence-electron chi connectivity index (χ1n) is 5.84. The minimum atomic E-state index is -0.356. The molecule has 6 heteroatoms. The van der Waals surface area contributed by atoms with Crippen molar-refractivity contribution in [3.05, 3.63) is 59.4 Å². The zero-order valence-corrected chi connectivity index (χ0v) is 11.2. The number of pyridine rings is 1. The molecule has 1 amide bonds. The largest absolute Gasteiger partial charge is 0.484 e. The molecule has 0 aliphatic rings. The SMILES string of the molecule is O=C(COc1cccc(Cl)c1)NN=Cc1cccnc1. The molecule has 0 radical (unpaired) electrons. The number of hydrogen-bond donors (Lipinski definition) is 1. The van der Waals surface area contributed by atoms with E-state index < -0.39 is 0 Å². The Kier molecular flexibility index (Phi) is 5.08. The molecule has 0 saturated heterocycles. The molecule has 20 heavy (non-hydrogen) atoms. The quantitative estimate of drug-likeness (QED) is 0.678. The van der Waals surface area contributed by atoms with Gasteiger partial charge in [0.15, 0.2) is 6.61 Å². The van der Waals surface area contributed by atoms with Crippen LogP contribution in [0.15, 0.2) is 53.9 Å². The van der Waals surface area contributed by atoms with Crippen molar-refractivity contribution in [2.45, 2.75) is 0 Å². The van der Waals surface area contributed by atoms with Gasteiger partial charge in [0.05, 0.1) is 6.21 Å². The van der Waals surface area contributed by atoms with Gasteiger partial charge in [-0.05, 0) is 24.3 Å². The molecule has 1 aromatic carbocycles. The van der Waals surface area contributed by atoms with Gasteiger partial charge in [-0.2, -0.15) is 5.10 Å². The number of nitrogens with zero attached hydrogens (tertiary/aromatic N) is 2. The summed E-state index contributed by atoms with van der Waals surface area (Å²) in [5, 5.41) is 4.35. The summed E-state index contributed by atoms with van der Waals surface area (Å²) < 4.78 is 5.27. The fourth-order valence-corrected chi connectivity index (χ4v) is 1.55. The Morgan fingerprint density at radius 1 is 1.40 bits per heavy atom. The number of carbonyl (C=O) groups is 1. The summed E-state index contributed by atoms with van der Waals surface area (Å²) >= 11 is 5.80. The Bertz CT molecular complexity index is 602. The smallest absolute Gasteiger partial charge is 0.277 e.